The van der Waals surface area contributed by atoms with E-state index in [1.165, 1.54) is 5.56 Å². The second-order valence-electron chi connectivity index (χ2n) is 6.92. The molecule has 2 aromatic heterocycles. The third-order valence-corrected chi connectivity index (χ3v) is 4.99. The quantitative estimate of drug-likeness (QED) is 0.698. The minimum Gasteiger partial charge on any atom is -0.353 e. The van der Waals surface area contributed by atoms with Gasteiger partial charge in [0, 0.05) is 51.3 Å². The van der Waals surface area contributed by atoms with Crippen molar-refractivity contribution >= 4 is 17.7 Å². The molecule has 0 atom stereocenters. The first-order valence-corrected chi connectivity index (χ1v) is 9.85. The number of anilines is 2. The van der Waals surface area contributed by atoms with Crippen LogP contribution >= 0.6 is 0 Å². The second kappa shape index (κ2) is 9.14. The van der Waals surface area contributed by atoms with Gasteiger partial charge in [-0.1, -0.05) is 30.3 Å². The fourth-order valence-corrected chi connectivity index (χ4v) is 3.36. The van der Waals surface area contributed by atoms with Gasteiger partial charge in [-0.15, -0.1) is 0 Å². The molecule has 1 amide bonds. The van der Waals surface area contributed by atoms with Crippen molar-refractivity contribution in [2.45, 2.75) is 6.42 Å². The van der Waals surface area contributed by atoms with Crippen LogP contribution in [0.3, 0.4) is 0 Å². The Morgan fingerprint density at radius 3 is 2.28 bits per heavy atom. The van der Waals surface area contributed by atoms with Crippen molar-refractivity contribution in [3.05, 3.63) is 78.2 Å². The smallest absolute Gasteiger partial charge is 0.252 e. The Bertz CT molecular complexity index is 909. The summed E-state index contributed by atoms with van der Waals surface area (Å²) in [4.78, 5) is 29.9. The molecule has 4 rings (SSSR count). The van der Waals surface area contributed by atoms with Crippen LogP contribution in [0.15, 0.2) is 67.1 Å². The summed E-state index contributed by atoms with van der Waals surface area (Å²) in [6.07, 6.45) is 5.99. The summed E-state index contributed by atoms with van der Waals surface area (Å²) in [6, 6.07) is 15.7. The van der Waals surface area contributed by atoms with Gasteiger partial charge < -0.3 is 15.1 Å². The highest BCUT2D eigenvalue weighted by atomic mass is 16.1. The lowest BCUT2D eigenvalue weighted by Crippen LogP contribution is -2.47. The van der Waals surface area contributed by atoms with Crippen molar-refractivity contribution in [2.75, 3.05) is 42.5 Å². The van der Waals surface area contributed by atoms with Gasteiger partial charge in [0.1, 0.15) is 5.82 Å². The molecule has 1 aliphatic rings. The van der Waals surface area contributed by atoms with Gasteiger partial charge in [0.15, 0.2) is 0 Å². The summed E-state index contributed by atoms with van der Waals surface area (Å²) < 4.78 is 0. The summed E-state index contributed by atoms with van der Waals surface area (Å²) in [5, 5.41) is 2.96. The van der Waals surface area contributed by atoms with E-state index in [4.69, 9.17) is 0 Å². The second-order valence-corrected chi connectivity index (χ2v) is 6.92. The lowest BCUT2D eigenvalue weighted by molar-refractivity contribution is 0.0954. The maximum atomic E-state index is 12.3. The normalized spacial score (nSPS) is 13.9. The van der Waals surface area contributed by atoms with Crippen LogP contribution in [-0.4, -0.2) is 53.6 Å². The molecule has 0 radical (unpaired) electrons. The molecule has 0 aliphatic carbocycles. The van der Waals surface area contributed by atoms with Gasteiger partial charge in [-0.2, -0.15) is 0 Å². The van der Waals surface area contributed by atoms with E-state index >= 15 is 0 Å². The maximum Gasteiger partial charge on any atom is 0.252 e. The number of nitrogens with zero attached hydrogens (tertiary/aromatic N) is 5. The zero-order chi connectivity index (χ0) is 19.9. The predicted molar refractivity (Wildman–Crippen MR) is 113 cm³/mol. The van der Waals surface area contributed by atoms with Crippen molar-refractivity contribution in [2.24, 2.45) is 0 Å². The van der Waals surface area contributed by atoms with E-state index in [0.717, 1.165) is 44.4 Å². The van der Waals surface area contributed by atoms with Gasteiger partial charge in [0.25, 0.3) is 5.91 Å². The van der Waals surface area contributed by atoms with Gasteiger partial charge in [-0.05, 0) is 30.2 Å². The minimum atomic E-state index is -0.0916. The lowest BCUT2D eigenvalue weighted by atomic mass is 10.1. The Morgan fingerprint density at radius 1 is 0.862 bits per heavy atom. The Kier molecular flexibility index (Phi) is 5.95. The van der Waals surface area contributed by atoms with Crippen LogP contribution in [0, 0.1) is 0 Å². The number of hydrogen-bond acceptors (Lipinski definition) is 6. The predicted octanol–water partition coefficient (Wildman–Crippen LogP) is 2.17. The highest BCUT2D eigenvalue weighted by Crippen LogP contribution is 2.16. The number of nitrogens with one attached hydrogen (secondary N) is 1. The molecule has 7 nitrogen and oxygen atoms in total. The van der Waals surface area contributed by atoms with E-state index in [0.29, 0.717) is 12.1 Å². The first-order valence-electron chi connectivity index (χ1n) is 9.85. The van der Waals surface area contributed by atoms with Crippen LogP contribution in [0.5, 0.6) is 0 Å². The Balaban J connectivity index is 1.27. The number of rotatable bonds is 6. The number of carbonyl (C=O) groups is 1. The van der Waals surface area contributed by atoms with Gasteiger partial charge in [0.2, 0.25) is 5.95 Å². The number of amides is 1. The summed E-state index contributed by atoms with van der Waals surface area (Å²) in [6.45, 7) is 3.97. The number of pyridine rings is 1. The Labute approximate surface area is 170 Å². The zero-order valence-corrected chi connectivity index (χ0v) is 16.2. The van der Waals surface area contributed by atoms with Crippen LogP contribution in [0.25, 0.3) is 0 Å². The van der Waals surface area contributed by atoms with Crippen LogP contribution in [0.2, 0.25) is 0 Å². The summed E-state index contributed by atoms with van der Waals surface area (Å²) in [7, 11) is 0. The van der Waals surface area contributed by atoms with Crippen LogP contribution in [0.1, 0.15) is 15.9 Å². The van der Waals surface area contributed by atoms with E-state index in [1.807, 2.05) is 36.4 Å². The standard InChI is InChI=1S/C22H24N6O/c29-21(23-12-9-18-5-2-1-3-6-18)19-7-8-20(26-17-19)27-13-15-28(16-14-27)22-24-10-4-11-25-22/h1-8,10-11,17H,9,12-16H2,(H,23,29). The van der Waals surface area contributed by atoms with Gasteiger partial charge >= 0.3 is 0 Å². The fourth-order valence-electron chi connectivity index (χ4n) is 3.36. The molecular weight excluding hydrogens is 364 g/mol. The van der Waals surface area contributed by atoms with Gasteiger partial charge in [-0.25, -0.2) is 15.0 Å². The molecule has 1 N–H and O–H groups in total. The monoisotopic (exact) mass is 388 g/mol. The molecule has 0 saturated carbocycles. The van der Waals surface area contributed by atoms with Crippen LogP contribution < -0.4 is 15.1 Å². The molecule has 7 heteroatoms. The van der Waals surface area contributed by atoms with Crippen molar-refractivity contribution in [3.63, 3.8) is 0 Å². The zero-order valence-electron chi connectivity index (χ0n) is 16.2. The molecule has 3 heterocycles. The summed E-state index contributed by atoms with van der Waals surface area (Å²) in [5.41, 5.74) is 1.79. The fraction of sp³-hybridized carbons (Fsp3) is 0.273. The van der Waals surface area contributed by atoms with E-state index in [1.54, 1.807) is 18.6 Å². The van der Waals surface area contributed by atoms with Crippen LogP contribution in [-0.2, 0) is 6.42 Å². The van der Waals surface area contributed by atoms with Crippen molar-refractivity contribution in [1.29, 1.82) is 0 Å². The molecule has 1 aliphatic heterocycles. The number of carbonyl (C=O) groups excluding carboxylic acids is 1. The molecule has 1 aromatic carbocycles. The van der Waals surface area contributed by atoms with E-state index in [9.17, 15) is 4.79 Å². The third kappa shape index (κ3) is 4.87. The minimum absolute atomic E-state index is 0.0916. The first-order chi connectivity index (χ1) is 14.3. The molecule has 29 heavy (non-hydrogen) atoms. The number of piperazine rings is 1. The molecular formula is C22H24N6O. The van der Waals surface area contributed by atoms with Crippen molar-refractivity contribution in [3.8, 4) is 0 Å². The summed E-state index contributed by atoms with van der Waals surface area (Å²) in [5.74, 6) is 1.56. The van der Waals surface area contributed by atoms with Gasteiger partial charge in [0.05, 0.1) is 5.56 Å². The lowest BCUT2D eigenvalue weighted by Gasteiger charge is -2.35. The Morgan fingerprint density at radius 2 is 1.59 bits per heavy atom. The maximum absolute atomic E-state index is 12.3. The molecule has 148 valence electrons. The summed E-state index contributed by atoms with van der Waals surface area (Å²) >= 11 is 0. The number of aromatic nitrogens is 3. The molecule has 1 saturated heterocycles. The SMILES string of the molecule is O=C(NCCc1ccccc1)c1ccc(N2CCN(c3ncccn3)CC2)nc1. The highest BCUT2D eigenvalue weighted by molar-refractivity contribution is 5.94. The third-order valence-electron chi connectivity index (χ3n) is 4.99. The molecule has 0 unspecified atom stereocenters. The van der Waals surface area contributed by atoms with Crippen molar-refractivity contribution in [1.82, 2.24) is 20.3 Å². The number of benzene rings is 1. The van der Waals surface area contributed by atoms with Gasteiger partial charge in [-0.3, -0.25) is 4.79 Å². The molecule has 1 fully saturated rings. The van der Waals surface area contributed by atoms with E-state index in [-0.39, 0.29) is 5.91 Å². The first kappa shape index (κ1) is 18.9. The number of hydrogen-bond donors (Lipinski definition) is 1. The van der Waals surface area contributed by atoms with Crippen molar-refractivity contribution < 1.29 is 4.79 Å². The topological polar surface area (TPSA) is 74.2 Å². The highest BCUT2D eigenvalue weighted by Gasteiger charge is 2.20. The molecule has 0 spiro atoms. The van der Waals surface area contributed by atoms with Crippen LogP contribution in [0.4, 0.5) is 11.8 Å². The van der Waals surface area contributed by atoms with E-state index < -0.39 is 0 Å². The van der Waals surface area contributed by atoms with E-state index in [2.05, 4.69) is 42.2 Å². The molecule has 3 aromatic rings. The average Bonchev–Trinajstić information content (AvgIpc) is 2.80. The Hall–Kier alpha value is -3.48. The average molecular weight is 388 g/mol. The largest absolute Gasteiger partial charge is 0.353 e. The molecule has 0 bridgehead atoms.